The molecule has 1 fully saturated rings. The molecule has 1 N–H and O–H groups in total. The van der Waals surface area contributed by atoms with E-state index in [4.69, 9.17) is 11.6 Å². The zero-order valence-electron chi connectivity index (χ0n) is 15.5. The third-order valence-corrected chi connectivity index (χ3v) is 5.90. The van der Waals surface area contributed by atoms with Crippen LogP contribution in [0.25, 0.3) is 0 Å². The first-order valence-corrected chi connectivity index (χ1v) is 9.76. The predicted octanol–water partition coefficient (Wildman–Crippen LogP) is 3.68. The minimum atomic E-state index is -0.608. The van der Waals surface area contributed by atoms with Crippen molar-refractivity contribution in [1.82, 2.24) is 10.2 Å². The molecule has 28 heavy (non-hydrogen) atoms. The van der Waals surface area contributed by atoms with E-state index in [2.05, 4.69) is 10.2 Å². The molecule has 2 aromatic rings. The summed E-state index contributed by atoms with van der Waals surface area (Å²) in [5.74, 6) is -0.613. The molecule has 5 nitrogen and oxygen atoms in total. The van der Waals surface area contributed by atoms with Gasteiger partial charge < -0.3 is 15.1 Å². The summed E-state index contributed by atoms with van der Waals surface area (Å²) in [6.07, 6.45) is 1.14. The van der Waals surface area contributed by atoms with Gasteiger partial charge in [-0.3, -0.25) is 9.59 Å². The van der Waals surface area contributed by atoms with Gasteiger partial charge in [-0.05, 0) is 49.4 Å². The van der Waals surface area contributed by atoms with Crippen LogP contribution in [-0.4, -0.2) is 42.0 Å². The summed E-state index contributed by atoms with van der Waals surface area (Å²) in [4.78, 5) is 29.3. The number of piperidine rings is 1. The highest BCUT2D eigenvalue weighted by atomic mass is 35.5. The van der Waals surface area contributed by atoms with Crippen molar-refractivity contribution < 1.29 is 14.0 Å². The number of fused-ring (bicyclic) bond motifs is 1. The van der Waals surface area contributed by atoms with E-state index in [1.807, 2.05) is 6.92 Å². The highest BCUT2D eigenvalue weighted by Crippen LogP contribution is 2.37. The maximum atomic E-state index is 13.9. The third kappa shape index (κ3) is 3.11. The van der Waals surface area contributed by atoms with Gasteiger partial charge in [-0.15, -0.1) is 0 Å². The van der Waals surface area contributed by atoms with Crippen LogP contribution < -0.4 is 10.2 Å². The van der Waals surface area contributed by atoms with E-state index in [0.29, 0.717) is 54.3 Å². The summed E-state index contributed by atoms with van der Waals surface area (Å²) < 4.78 is 13.9. The lowest BCUT2D eigenvalue weighted by atomic mass is 9.89. The summed E-state index contributed by atoms with van der Waals surface area (Å²) in [7, 11) is 0. The molecule has 1 spiro atoms. The van der Waals surface area contributed by atoms with Gasteiger partial charge in [0.15, 0.2) is 0 Å². The predicted molar refractivity (Wildman–Crippen MR) is 106 cm³/mol. The summed E-state index contributed by atoms with van der Waals surface area (Å²) in [6, 6.07) is 11.1. The van der Waals surface area contributed by atoms with Crippen LogP contribution in [-0.2, 0) is 0 Å². The van der Waals surface area contributed by atoms with Crippen molar-refractivity contribution in [1.29, 1.82) is 0 Å². The second-order valence-electron chi connectivity index (χ2n) is 7.19. The second kappa shape index (κ2) is 7.09. The molecule has 4 rings (SSSR count). The molecular weight excluding hydrogens is 381 g/mol. The van der Waals surface area contributed by atoms with Crippen LogP contribution in [0.5, 0.6) is 0 Å². The molecule has 0 aliphatic carbocycles. The van der Waals surface area contributed by atoms with E-state index in [0.717, 1.165) is 0 Å². The molecule has 0 unspecified atom stereocenters. The topological polar surface area (TPSA) is 52.7 Å². The number of likely N-dealkylation sites (tertiary alicyclic amines) is 1. The van der Waals surface area contributed by atoms with Crippen molar-refractivity contribution >= 4 is 29.1 Å². The Balaban J connectivity index is 1.56. The highest BCUT2D eigenvalue weighted by Gasteiger charge is 2.45. The molecule has 0 atom stereocenters. The van der Waals surface area contributed by atoms with Gasteiger partial charge in [0.2, 0.25) is 0 Å². The normalized spacial score (nSPS) is 18.0. The van der Waals surface area contributed by atoms with Crippen LogP contribution in [0.2, 0.25) is 5.02 Å². The molecule has 2 aliphatic heterocycles. The Morgan fingerprint density at radius 3 is 2.50 bits per heavy atom. The quantitative estimate of drug-likeness (QED) is 0.835. The zero-order valence-corrected chi connectivity index (χ0v) is 16.3. The smallest absolute Gasteiger partial charge is 0.255 e. The highest BCUT2D eigenvalue weighted by molar-refractivity contribution is 6.30. The van der Waals surface area contributed by atoms with E-state index in [-0.39, 0.29) is 17.6 Å². The Bertz CT molecular complexity index is 924. The van der Waals surface area contributed by atoms with Crippen LogP contribution >= 0.6 is 11.6 Å². The van der Waals surface area contributed by atoms with Gasteiger partial charge in [0.05, 0.1) is 11.3 Å². The van der Waals surface area contributed by atoms with E-state index >= 15 is 0 Å². The monoisotopic (exact) mass is 401 g/mol. The fourth-order valence-electron chi connectivity index (χ4n) is 4.22. The Morgan fingerprint density at radius 1 is 1.18 bits per heavy atom. The van der Waals surface area contributed by atoms with Crippen molar-refractivity contribution in [2.75, 3.05) is 24.5 Å². The lowest BCUT2D eigenvalue weighted by molar-refractivity contribution is 0.0603. The molecule has 0 radical (unpaired) electrons. The summed E-state index contributed by atoms with van der Waals surface area (Å²) in [5, 5.41) is 3.71. The van der Waals surface area contributed by atoms with Crippen LogP contribution in [0.4, 0.5) is 10.1 Å². The summed E-state index contributed by atoms with van der Waals surface area (Å²) in [5.41, 5.74) is 1.08. The molecule has 1 saturated heterocycles. The number of hydrogen-bond donors (Lipinski definition) is 1. The Labute approximate surface area is 168 Å². The Kier molecular flexibility index (Phi) is 4.75. The van der Waals surface area contributed by atoms with Gasteiger partial charge in [0.25, 0.3) is 11.8 Å². The van der Waals surface area contributed by atoms with Gasteiger partial charge in [0, 0.05) is 43.1 Å². The first kappa shape index (κ1) is 18.7. The molecule has 2 heterocycles. The molecule has 0 bridgehead atoms. The van der Waals surface area contributed by atoms with Crippen LogP contribution in [0, 0.1) is 5.82 Å². The molecule has 7 heteroatoms. The number of halogens is 2. The van der Waals surface area contributed by atoms with Gasteiger partial charge in [-0.25, -0.2) is 4.39 Å². The molecule has 0 saturated carbocycles. The van der Waals surface area contributed by atoms with Crippen LogP contribution in [0.1, 0.15) is 40.5 Å². The first-order valence-electron chi connectivity index (χ1n) is 9.38. The number of nitrogens with zero attached hydrogens (tertiary/aromatic N) is 2. The minimum Gasteiger partial charge on any atom is -0.348 e. The molecule has 0 aromatic heterocycles. The summed E-state index contributed by atoms with van der Waals surface area (Å²) >= 11 is 5.90. The fraction of sp³-hybridized carbons (Fsp3) is 0.333. The van der Waals surface area contributed by atoms with Crippen molar-refractivity contribution in [3.8, 4) is 0 Å². The fourth-order valence-corrected chi connectivity index (χ4v) is 4.35. The largest absolute Gasteiger partial charge is 0.348 e. The van der Waals surface area contributed by atoms with E-state index in [1.54, 1.807) is 29.2 Å². The van der Waals surface area contributed by atoms with Crippen molar-refractivity contribution in [2.45, 2.75) is 25.4 Å². The minimum absolute atomic E-state index is 0.0526. The van der Waals surface area contributed by atoms with Gasteiger partial charge in [-0.1, -0.05) is 11.6 Å². The SMILES string of the molecule is CCN1c2cc(F)ccc2C(=O)NC12CCN(C(=O)c1ccc(Cl)cc1)CC2. The summed E-state index contributed by atoms with van der Waals surface area (Å²) in [6.45, 7) is 3.62. The van der Waals surface area contributed by atoms with Crippen molar-refractivity contribution in [3.63, 3.8) is 0 Å². The maximum Gasteiger partial charge on any atom is 0.255 e. The number of carbonyl (C=O) groups excluding carboxylic acids is 2. The van der Waals surface area contributed by atoms with Gasteiger partial charge >= 0.3 is 0 Å². The standard InChI is InChI=1S/C21H21ClFN3O2/c1-2-26-18-13-16(23)7-8-17(18)19(27)24-21(26)9-11-25(12-10-21)20(28)14-3-5-15(22)6-4-14/h3-8,13H,2,9-12H2,1H3,(H,24,27). The number of nitrogens with one attached hydrogen (secondary N) is 1. The molecular formula is C21H21ClFN3O2. The maximum absolute atomic E-state index is 13.9. The van der Waals surface area contributed by atoms with E-state index in [1.165, 1.54) is 18.2 Å². The van der Waals surface area contributed by atoms with E-state index in [9.17, 15) is 14.0 Å². The number of hydrogen-bond acceptors (Lipinski definition) is 3. The Hall–Kier alpha value is -2.60. The third-order valence-electron chi connectivity index (χ3n) is 5.64. The molecule has 2 aliphatic rings. The number of anilines is 1. The number of amides is 2. The zero-order chi connectivity index (χ0) is 19.9. The number of carbonyl (C=O) groups is 2. The van der Waals surface area contributed by atoms with Gasteiger partial charge in [0.1, 0.15) is 11.5 Å². The average Bonchev–Trinajstić information content (AvgIpc) is 2.69. The van der Waals surface area contributed by atoms with Gasteiger partial charge in [-0.2, -0.15) is 0 Å². The number of rotatable bonds is 2. The first-order chi connectivity index (χ1) is 13.4. The van der Waals surface area contributed by atoms with E-state index < -0.39 is 5.66 Å². The molecule has 2 amide bonds. The van der Waals surface area contributed by atoms with Crippen LogP contribution in [0.15, 0.2) is 42.5 Å². The lowest BCUT2D eigenvalue weighted by Gasteiger charge is -2.52. The Morgan fingerprint density at radius 2 is 1.86 bits per heavy atom. The number of benzene rings is 2. The van der Waals surface area contributed by atoms with Crippen molar-refractivity contribution in [2.24, 2.45) is 0 Å². The molecule has 146 valence electrons. The lowest BCUT2D eigenvalue weighted by Crippen LogP contribution is -2.68. The second-order valence-corrected chi connectivity index (χ2v) is 7.63. The van der Waals surface area contributed by atoms with Crippen molar-refractivity contribution in [3.05, 3.63) is 64.4 Å². The molecule has 2 aromatic carbocycles. The average molecular weight is 402 g/mol. The van der Waals surface area contributed by atoms with Crippen LogP contribution in [0.3, 0.4) is 0 Å².